The van der Waals surface area contributed by atoms with Crippen LogP contribution in [-0.2, 0) is 0 Å². The largest absolute Gasteiger partial charge is 0.396 e. The van der Waals surface area contributed by atoms with Gasteiger partial charge in [-0.2, -0.15) is 0 Å². The van der Waals surface area contributed by atoms with Crippen molar-refractivity contribution in [2.45, 2.75) is 13.8 Å². The number of hydrogen-bond acceptors (Lipinski definition) is 3. The SMILES string of the molecule is CN(C)c1c(Cl)cccc1NCC(C)(C)CO. The van der Waals surface area contributed by atoms with E-state index in [0.717, 1.165) is 16.4 Å². The van der Waals surface area contributed by atoms with Gasteiger partial charge in [0.2, 0.25) is 0 Å². The summed E-state index contributed by atoms with van der Waals surface area (Å²) in [5, 5.41) is 13.3. The zero-order chi connectivity index (χ0) is 13.1. The normalized spacial score (nSPS) is 11.4. The summed E-state index contributed by atoms with van der Waals surface area (Å²) in [6.45, 7) is 4.88. The molecule has 17 heavy (non-hydrogen) atoms. The van der Waals surface area contributed by atoms with Gasteiger partial charge in [0.1, 0.15) is 0 Å². The highest BCUT2D eigenvalue weighted by Gasteiger charge is 2.17. The van der Waals surface area contributed by atoms with Gasteiger partial charge >= 0.3 is 0 Å². The van der Waals surface area contributed by atoms with Crippen molar-refractivity contribution in [3.8, 4) is 0 Å². The van der Waals surface area contributed by atoms with Gasteiger partial charge in [0, 0.05) is 32.7 Å². The molecule has 2 N–H and O–H groups in total. The summed E-state index contributed by atoms with van der Waals surface area (Å²) < 4.78 is 0. The minimum atomic E-state index is -0.147. The molecule has 0 fully saturated rings. The first-order valence-electron chi connectivity index (χ1n) is 5.68. The Morgan fingerprint density at radius 1 is 1.35 bits per heavy atom. The van der Waals surface area contributed by atoms with Crippen LogP contribution < -0.4 is 10.2 Å². The molecule has 0 amide bonds. The minimum absolute atomic E-state index is 0.147. The van der Waals surface area contributed by atoms with Crippen LogP contribution in [0.4, 0.5) is 11.4 Å². The van der Waals surface area contributed by atoms with Crippen LogP contribution in [0.25, 0.3) is 0 Å². The molecule has 0 aliphatic carbocycles. The molecule has 0 atom stereocenters. The van der Waals surface area contributed by atoms with Gasteiger partial charge in [-0.1, -0.05) is 31.5 Å². The topological polar surface area (TPSA) is 35.5 Å². The molecule has 1 rings (SSSR count). The van der Waals surface area contributed by atoms with E-state index in [0.29, 0.717) is 6.54 Å². The second-order valence-corrected chi connectivity index (χ2v) is 5.61. The number of hydrogen-bond donors (Lipinski definition) is 2. The number of benzene rings is 1. The zero-order valence-electron chi connectivity index (χ0n) is 10.9. The van der Waals surface area contributed by atoms with Gasteiger partial charge in [-0.25, -0.2) is 0 Å². The van der Waals surface area contributed by atoms with Crippen LogP contribution in [0.3, 0.4) is 0 Å². The molecule has 0 saturated carbocycles. The van der Waals surface area contributed by atoms with Crippen LogP contribution in [0, 0.1) is 5.41 Å². The molecule has 3 nitrogen and oxygen atoms in total. The van der Waals surface area contributed by atoms with E-state index in [1.165, 1.54) is 0 Å². The van der Waals surface area contributed by atoms with Gasteiger partial charge < -0.3 is 15.3 Å². The van der Waals surface area contributed by atoms with E-state index < -0.39 is 0 Å². The van der Waals surface area contributed by atoms with Crippen molar-refractivity contribution in [1.82, 2.24) is 0 Å². The Balaban J connectivity index is 2.88. The Morgan fingerprint density at radius 3 is 2.53 bits per heavy atom. The van der Waals surface area contributed by atoms with Crippen molar-refractivity contribution < 1.29 is 5.11 Å². The molecule has 0 unspecified atom stereocenters. The quantitative estimate of drug-likeness (QED) is 0.851. The highest BCUT2D eigenvalue weighted by Crippen LogP contribution is 2.33. The molecule has 0 radical (unpaired) electrons. The van der Waals surface area contributed by atoms with Gasteiger partial charge in [0.25, 0.3) is 0 Å². The second kappa shape index (κ2) is 5.61. The number of anilines is 2. The fourth-order valence-corrected chi connectivity index (χ4v) is 1.85. The van der Waals surface area contributed by atoms with Crippen molar-refractivity contribution >= 4 is 23.0 Å². The van der Waals surface area contributed by atoms with E-state index in [4.69, 9.17) is 11.6 Å². The smallest absolute Gasteiger partial charge is 0.0786 e. The summed E-state index contributed by atoms with van der Waals surface area (Å²) in [5.74, 6) is 0. The molecule has 0 aliphatic heterocycles. The predicted octanol–water partition coefficient (Wildman–Crippen LogP) is 2.84. The number of para-hydroxylation sites is 1. The summed E-state index contributed by atoms with van der Waals surface area (Å²) in [6, 6.07) is 5.79. The lowest BCUT2D eigenvalue weighted by molar-refractivity contribution is 0.171. The predicted molar refractivity (Wildman–Crippen MR) is 75.1 cm³/mol. The third kappa shape index (κ3) is 3.79. The Labute approximate surface area is 108 Å². The fraction of sp³-hybridized carbons (Fsp3) is 0.538. The van der Waals surface area contributed by atoms with E-state index in [1.807, 2.05) is 51.0 Å². The molecule has 4 heteroatoms. The van der Waals surface area contributed by atoms with Gasteiger partial charge in [-0.15, -0.1) is 0 Å². The number of aliphatic hydroxyl groups excluding tert-OH is 1. The average Bonchev–Trinajstić information content (AvgIpc) is 2.26. The Morgan fingerprint density at radius 2 is 2.00 bits per heavy atom. The van der Waals surface area contributed by atoms with Crippen molar-refractivity contribution in [3.63, 3.8) is 0 Å². The van der Waals surface area contributed by atoms with Crippen LogP contribution in [-0.4, -0.2) is 32.4 Å². The minimum Gasteiger partial charge on any atom is -0.396 e. The summed E-state index contributed by atoms with van der Waals surface area (Å²) >= 11 is 6.18. The molecular formula is C13H21ClN2O. The first-order valence-corrected chi connectivity index (χ1v) is 6.06. The van der Waals surface area contributed by atoms with Crippen LogP contribution in [0.5, 0.6) is 0 Å². The van der Waals surface area contributed by atoms with Gasteiger partial charge in [0.15, 0.2) is 0 Å². The zero-order valence-corrected chi connectivity index (χ0v) is 11.7. The summed E-state index contributed by atoms with van der Waals surface area (Å²) in [5.41, 5.74) is 1.82. The van der Waals surface area contributed by atoms with Crippen molar-refractivity contribution in [1.29, 1.82) is 0 Å². The Kier molecular flexibility index (Phi) is 4.66. The number of aliphatic hydroxyl groups is 1. The lowest BCUT2D eigenvalue weighted by atomic mass is 9.95. The first kappa shape index (κ1) is 14.1. The molecule has 0 saturated heterocycles. The van der Waals surface area contributed by atoms with E-state index in [1.54, 1.807) is 0 Å². The fourth-order valence-electron chi connectivity index (χ4n) is 1.50. The molecule has 0 aliphatic rings. The monoisotopic (exact) mass is 256 g/mol. The summed E-state index contributed by atoms with van der Waals surface area (Å²) in [6.07, 6.45) is 0. The molecule has 1 aromatic carbocycles. The van der Waals surface area contributed by atoms with E-state index in [-0.39, 0.29) is 12.0 Å². The molecule has 0 bridgehead atoms. The maximum Gasteiger partial charge on any atom is 0.0786 e. The lowest BCUT2D eigenvalue weighted by Crippen LogP contribution is -2.27. The molecular weight excluding hydrogens is 236 g/mol. The van der Waals surface area contributed by atoms with E-state index in [9.17, 15) is 5.11 Å². The lowest BCUT2D eigenvalue weighted by Gasteiger charge is -2.25. The number of halogens is 1. The van der Waals surface area contributed by atoms with Crippen LogP contribution >= 0.6 is 11.6 Å². The second-order valence-electron chi connectivity index (χ2n) is 5.21. The van der Waals surface area contributed by atoms with Crippen LogP contribution in [0.15, 0.2) is 18.2 Å². The third-order valence-corrected chi connectivity index (χ3v) is 2.92. The van der Waals surface area contributed by atoms with Crippen LogP contribution in [0.2, 0.25) is 5.02 Å². The van der Waals surface area contributed by atoms with Gasteiger partial charge in [-0.3, -0.25) is 0 Å². The highest BCUT2D eigenvalue weighted by atomic mass is 35.5. The first-order chi connectivity index (χ1) is 7.87. The number of nitrogens with one attached hydrogen (secondary N) is 1. The number of nitrogens with zero attached hydrogens (tertiary/aromatic N) is 1. The van der Waals surface area contributed by atoms with E-state index in [2.05, 4.69) is 5.32 Å². The summed E-state index contributed by atoms with van der Waals surface area (Å²) in [7, 11) is 3.92. The molecule has 0 spiro atoms. The van der Waals surface area contributed by atoms with Crippen molar-refractivity contribution in [3.05, 3.63) is 23.2 Å². The van der Waals surface area contributed by atoms with Crippen LogP contribution in [0.1, 0.15) is 13.8 Å². The molecule has 0 heterocycles. The Bertz CT molecular complexity index is 378. The van der Waals surface area contributed by atoms with Crippen molar-refractivity contribution in [2.75, 3.05) is 37.5 Å². The van der Waals surface area contributed by atoms with Gasteiger partial charge in [-0.05, 0) is 12.1 Å². The number of rotatable bonds is 5. The standard InChI is InChI=1S/C13H21ClN2O/c1-13(2,9-17)8-15-11-7-5-6-10(14)12(11)16(3)4/h5-7,15,17H,8-9H2,1-4H3. The van der Waals surface area contributed by atoms with Gasteiger partial charge in [0.05, 0.1) is 16.4 Å². The maximum atomic E-state index is 9.23. The van der Waals surface area contributed by atoms with Crippen molar-refractivity contribution in [2.24, 2.45) is 5.41 Å². The summed E-state index contributed by atoms with van der Waals surface area (Å²) in [4.78, 5) is 1.98. The highest BCUT2D eigenvalue weighted by molar-refractivity contribution is 6.34. The average molecular weight is 257 g/mol. The molecule has 96 valence electrons. The maximum absolute atomic E-state index is 9.23. The molecule has 0 aromatic heterocycles. The molecule has 1 aromatic rings. The van der Waals surface area contributed by atoms with E-state index >= 15 is 0 Å². The Hall–Kier alpha value is -0.930. The third-order valence-electron chi connectivity index (χ3n) is 2.62.